The molecule has 0 aliphatic carbocycles. The number of aromatic amines is 1. The van der Waals surface area contributed by atoms with Gasteiger partial charge in [0.1, 0.15) is 5.82 Å². The van der Waals surface area contributed by atoms with E-state index in [4.69, 9.17) is 0 Å². The van der Waals surface area contributed by atoms with E-state index >= 15 is 0 Å². The predicted molar refractivity (Wildman–Crippen MR) is 126 cm³/mol. The van der Waals surface area contributed by atoms with Crippen LogP contribution in [0.2, 0.25) is 0 Å². The van der Waals surface area contributed by atoms with Crippen molar-refractivity contribution in [3.63, 3.8) is 0 Å². The quantitative estimate of drug-likeness (QED) is 0.416. The van der Waals surface area contributed by atoms with Crippen molar-refractivity contribution in [1.29, 1.82) is 0 Å². The summed E-state index contributed by atoms with van der Waals surface area (Å²) in [6.07, 6.45) is 2.78. The Morgan fingerprint density at radius 2 is 1.93 bits per heavy atom. The summed E-state index contributed by atoms with van der Waals surface area (Å²) in [5.74, 6) is 2.97. The van der Waals surface area contributed by atoms with Crippen LogP contribution >= 0.6 is 11.8 Å². The molecule has 0 saturated carbocycles. The van der Waals surface area contributed by atoms with Crippen LogP contribution in [-0.2, 0) is 13.0 Å². The average molecular weight is 426 g/mol. The first-order chi connectivity index (χ1) is 14.7. The first-order valence-corrected chi connectivity index (χ1v) is 11.5. The van der Waals surface area contributed by atoms with Gasteiger partial charge in [-0.3, -0.25) is 4.99 Å². The number of nitrogens with zero attached hydrogens (tertiary/aromatic N) is 2. The zero-order chi connectivity index (χ0) is 20.8. The number of guanidine groups is 1. The van der Waals surface area contributed by atoms with Gasteiger partial charge in [-0.2, -0.15) is 11.8 Å². The van der Waals surface area contributed by atoms with Crippen LogP contribution in [0.25, 0.3) is 10.9 Å². The van der Waals surface area contributed by atoms with Crippen LogP contribution in [-0.4, -0.2) is 49.1 Å². The van der Waals surface area contributed by atoms with E-state index in [2.05, 4.69) is 49.8 Å². The van der Waals surface area contributed by atoms with Crippen molar-refractivity contribution in [3.05, 3.63) is 65.6 Å². The van der Waals surface area contributed by atoms with E-state index in [0.29, 0.717) is 0 Å². The SMILES string of the molecule is CN=C(NCCc1c[nH]c2cc(F)ccc12)NCc1ccc(N2CCSCC2)cc1. The van der Waals surface area contributed by atoms with E-state index in [1.54, 1.807) is 7.05 Å². The molecule has 4 rings (SSSR count). The molecule has 158 valence electrons. The van der Waals surface area contributed by atoms with E-state index in [0.717, 1.165) is 49.5 Å². The number of rotatable bonds is 6. The Morgan fingerprint density at radius 1 is 1.13 bits per heavy atom. The Hall–Kier alpha value is -2.67. The number of aliphatic imine (C=N–C) groups is 1. The van der Waals surface area contributed by atoms with Gasteiger partial charge >= 0.3 is 0 Å². The van der Waals surface area contributed by atoms with Gasteiger partial charge < -0.3 is 20.5 Å². The Bertz CT molecular complexity index is 993. The van der Waals surface area contributed by atoms with Crippen LogP contribution in [0.1, 0.15) is 11.1 Å². The molecular weight excluding hydrogens is 397 g/mol. The first-order valence-electron chi connectivity index (χ1n) is 10.3. The highest BCUT2D eigenvalue weighted by atomic mass is 32.2. The number of aromatic nitrogens is 1. The van der Waals surface area contributed by atoms with Gasteiger partial charge in [0.05, 0.1) is 0 Å². The van der Waals surface area contributed by atoms with Crippen LogP contribution < -0.4 is 15.5 Å². The van der Waals surface area contributed by atoms with E-state index in [-0.39, 0.29) is 5.82 Å². The molecular formula is C23H28FN5S. The highest BCUT2D eigenvalue weighted by molar-refractivity contribution is 7.99. The van der Waals surface area contributed by atoms with Gasteiger partial charge in [-0.1, -0.05) is 12.1 Å². The van der Waals surface area contributed by atoms with E-state index in [9.17, 15) is 4.39 Å². The van der Waals surface area contributed by atoms with Crippen LogP contribution in [0.15, 0.2) is 53.7 Å². The number of nitrogens with one attached hydrogen (secondary N) is 3. The summed E-state index contributed by atoms with van der Waals surface area (Å²) in [4.78, 5) is 9.90. The number of benzene rings is 2. The predicted octanol–water partition coefficient (Wildman–Crippen LogP) is 3.77. The Kier molecular flexibility index (Phi) is 6.79. The number of hydrogen-bond donors (Lipinski definition) is 3. The normalized spacial score (nSPS) is 14.9. The second kappa shape index (κ2) is 9.89. The second-order valence-corrected chi connectivity index (χ2v) is 8.60. The van der Waals surface area contributed by atoms with E-state index in [1.807, 2.05) is 24.0 Å². The van der Waals surface area contributed by atoms with Gasteiger partial charge in [0.25, 0.3) is 0 Å². The largest absolute Gasteiger partial charge is 0.370 e. The number of anilines is 1. The third-order valence-corrected chi connectivity index (χ3v) is 6.35. The molecule has 30 heavy (non-hydrogen) atoms. The van der Waals surface area contributed by atoms with Gasteiger partial charge in [-0.05, 0) is 47.9 Å². The Labute approximate surface area is 181 Å². The van der Waals surface area contributed by atoms with Crippen LogP contribution in [0.3, 0.4) is 0 Å². The zero-order valence-electron chi connectivity index (χ0n) is 17.2. The summed E-state index contributed by atoms with van der Waals surface area (Å²) in [6.45, 7) is 3.73. The lowest BCUT2D eigenvalue weighted by Crippen LogP contribution is -2.37. The van der Waals surface area contributed by atoms with Crippen molar-refractivity contribution < 1.29 is 4.39 Å². The maximum atomic E-state index is 13.3. The lowest BCUT2D eigenvalue weighted by molar-refractivity contribution is 0.629. The molecule has 0 atom stereocenters. The van der Waals surface area contributed by atoms with Crippen molar-refractivity contribution in [2.24, 2.45) is 4.99 Å². The summed E-state index contributed by atoms with van der Waals surface area (Å²) in [5.41, 5.74) is 4.53. The summed E-state index contributed by atoms with van der Waals surface area (Å²) < 4.78 is 13.3. The van der Waals surface area contributed by atoms with Gasteiger partial charge in [0, 0.05) is 67.5 Å². The summed E-state index contributed by atoms with van der Waals surface area (Å²) in [5, 5.41) is 7.79. The minimum atomic E-state index is -0.221. The van der Waals surface area contributed by atoms with Gasteiger partial charge in [0.15, 0.2) is 5.96 Å². The average Bonchev–Trinajstić information content (AvgIpc) is 3.19. The molecule has 1 fully saturated rings. The Balaban J connectivity index is 1.25. The minimum Gasteiger partial charge on any atom is -0.370 e. The third-order valence-electron chi connectivity index (χ3n) is 5.41. The lowest BCUT2D eigenvalue weighted by Gasteiger charge is -2.28. The molecule has 3 N–H and O–H groups in total. The molecule has 0 spiro atoms. The number of hydrogen-bond acceptors (Lipinski definition) is 3. The molecule has 2 heterocycles. The standard InChI is InChI=1S/C23H28FN5S/c1-25-23(26-9-8-18-16-27-22-14-19(24)4-7-21(18)22)28-15-17-2-5-20(6-3-17)29-10-12-30-13-11-29/h2-7,14,16,27H,8-13,15H2,1H3,(H2,25,26,28). The molecule has 3 aromatic rings. The molecule has 2 aromatic carbocycles. The smallest absolute Gasteiger partial charge is 0.191 e. The van der Waals surface area contributed by atoms with Crippen LogP contribution in [0.5, 0.6) is 0 Å². The molecule has 5 nitrogen and oxygen atoms in total. The molecule has 0 amide bonds. The fraction of sp³-hybridized carbons (Fsp3) is 0.348. The lowest BCUT2D eigenvalue weighted by atomic mass is 10.1. The fourth-order valence-corrected chi connectivity index (χ4v) is 4.64. The van der Waals surface area contributed by atoms with Crippen molar-refractivity contribution in [3.8, 4) is 0 Å². The molecule has 1 aromatic heterocycles. The number of H-pyrrole nitrogens is 1. The number of fused-ring (bicyclic) bond motifs is 1. The third kappa shape index (κ3) is 5.08. The van der Waals surface area contributed by atoms with Crippen LogP contribution in [0, 0.1) is 5.82 Å². The molecule has 1 aliphatic heterocycles. The monoisotopic (exact) mass is 425 g/mol. The fourth-order valence-electron chi connectivity index (χ4n) is 3.73. The summed E-state index contributed by atoms with van der Waals surface area (Å²) in [6, 6.07) is 13.7. The van der Waals surface area contributed by atoms with Crippen LogP contribution in [0.4, 0.5) is 10.1 Å². The molecule has 1 saturated heterocycles. The minimum absolute atomic E-state index is 0.221. The molecule has 0 unspecified atom stereocenters. The van der Waals surface area contributed by atoms with Gasteiger partial charge in [-0.15, -0.1) is 0 Å². The van der Waals surface area contributed by atoms with Gasteiger partial charge in [-0.25, -0.2) is 4.39 Å². The molecule has 0 bridgehead atoms. The number of halogens is 1. The molecule has 0 radical (unpaired) electrons. The maximum Gasteiger partial charge on any atom is 0.191 e. The van der Waals surface area contributed by atoms with Crippen molar-refractivity contribution in [2.45, 2.75) is 13.0 Å². The highest BCUT2D eigenvalue weighted by Crippen LogP contribution is 2.20. The van der Waals surface area contributed by atoms with Crippen molar-refractivity contribution in [1.82, 2.24) is 15.6 Å². The zero-order valence-corrected chi connectivity index (χ0v) is 18.1. The number of thioether (sulfide) groups is 1. The molecule has 1 aliphatic rings. The summed E-state index contributed by atoms with van der Waals surface area (Å²) >= 11 is 2.03. The Morgan fingerprint density at radius 3 is 2.70 bits per heavy atom. The highest BCUT2D eigenvalue weighted by Gasteiger charge is 2.11. The second-order valence-electron chi connectivity index (χ2n) is 7.37. The first kappa shape index (κ1) is 20.6. The van der Waals surface area contributed by atoms with E-state index < -0.39 is 0 Å². The topological polar surface area (TPSA) is 55.5 Å². The summed E-state index contributed by atoms with van der Waals surface area (Å²) in [7, 11) is 1.78. The molecule has 7 heteroatoms. The van der Waals surface area contributed by atoms with Crippen molar-refractivity contribution >= 4 is 34.3 Å². The van der Waals surface area contributed by atoms with Crippen molar-refractivity contribution in [2.75, 3.05) is 43.1 Å². The van der Waals surface area contributed by atoms with E-state index in [1.165, 1.54) is 40.5 Å². The maximum absolute atomic E-state index is 13.3. The van der Waals surface area contributed by atoms with Gasteiger partial charge in [0.2, 0.25) is 0 Å².